The highest BCUT2D eigenvalue weighted by molar-refractivity contribution is 5.47. The van der Waals surface area contributed by atoms with Gasteiger partial charge in [0.05, 0.1) is 6.61 Å². The van der Waals surface area contributed by atoms with Crippen LogP contribution in [-0.4, -0.2) is 36.3 Å². The monoisotopic (exact) mass is 280 g/mol. The largest absolute Gasteiger partial charge is 0.380 e. The molecule has 0 aromatic carbocycles. The molecule has 0 bridgehead atoms. The van der Waals surface area contributed by atoms with Gasteiger partial charge in [-0.1, -0.05) is 20.8 Å². The Morgan fingerprint density at radius 1 is 1.10 bits per heavy atom. The van der Waals surface area contributed by atoms with E-state index in [1.165, 1.54) is 0 Å². The van der Waals surface area contributed by atoms with Crippen molar-refractivity contribution in [3.63, 3.8) is 0 Å². The number of aryl methyl sites for hydroxylation is 1. The summed E-state index contributed by atoms with van der Waals surface area (Å²) in [7, 11) is 0. The van der Waals surface area contributed by atoms with Gasteiger partial charge in [0.25, 0.3) is 0 Å². The van der Waals surface area contributed by atoms with Crippen LogP contribution in [0.1, 0.15) is 39.4 Å². The summed E-state index contributed by atoms with van der Waals surface area (Å²) >= 11 is 0. The second-order valence-corrected chi connectivity index (χ2v) is 5.33. The van der Waals surface area contributed by atoms with E-state index in [-0.39, 0.29) is 0 Å². The molecule has 0 aliphatic heterocycles. The van der Waals surface area contributed by atoms with E-state index >= 15 is 0 Å². The molecule has 5 nitrogen and oxygen atoms in total. The van der Waals surface area contributed by atoms with Crippen LogP contribution in [0.5, 0.6) is 0 Å². The van der Waals surface area contributed by atoms with Gasteiger partial charge in [-0.25, -0.2) is 9.97 Å². The van der Waals surface area contributed by atoms with Gasteiger partial charge in [0.15, 0.2) is 0 Å². The van der Waals surface area contributed by atoms with E-state index < -0.39 is 0 Å². The maximum absolute atomic E-state index is 5.57. The van der Waals surface area contributed by atoms with Crippen LogP contribution in [0.15, 0.2) is 6.07 Å². The number of rotatable bonds is 10. The highest BCUT2D eigenvalue weighted by Gasteiger charge is 2.01. The Bertz CT molecular complexity index is 382. The minimum Gasteiger partial charge on any atom is -0.380 e. The first-order valence-electron chi connectivity index (χ1n) is 7.53. The molecule has 0 atom stereocenters. The molecule has 0 radical (unpaired) electrons. The summed E-state index contributed by atoms with van der Waals surface area (Å²) in [6.07, 6.45) is 2.19. The number of hydrogen-bond acceptors (Lipinski definition) is 5. The molecule has 0 spiro atoms. The first-order valence-corrected chi connectivity index (χ1v) is 7.53. The molecular weight excluding hydrogens is 252 g/mol. The second kappa shape index (κ2) is 9.53. The third kappa shape index (κ3) is 7.28. The molecule has 2 N–H and O–H groups in total. The molecular formula is C15H28N4O. The molecule has 20 heavy (non-hydrogen) atoms. The third-order valence-corrected chi connectivity index (χ3v) is 2.79. The topological polar surface area (TPSA) is 59.1 Å². The van der Waals surface area contributed by atoms with Gasteiger partial charge in [-0.2, -0.15) is 0 Å². The normalized spacial score (nSPS) is 10.8. The molecule has 1 rings (SSSR count). The zero-order chi connectivity index (χ0) is 14.8. The molecule has 0 saturated carbocycles. The lowest BCUT2D eigenvalue weighted by atomic mass is 10.1. The Morgan fingerprint density at radius 2 is 1.75 bits per heavy atom. The number of ether oxygens (including phenoxy) is 1. The van der Waals surface area contributed by atoms with Gasteiger partial charge in [-0.05, 0) is 25.7 Å². The standard InChI is InChI=1S/C15H28N4O/c1-5-7-16-14-11-15(19-13(4)18-14)17-8-10-20-9-6-12(2)3/h11-12H,5-10H2,1-4H3,(H2,16,17,18,19). The Hall–Kier alpha value is -1.36. The molecule has 0 saturated heterocycles. The van der Waals surface area contributed by atoms with Gasteiger partial charge < -0.3 is 15.4 Å². The van der Waals surface area contributed by atoms with E-state index in [2.05, 4.69) is 41.4 Å². The molecule has 114 valence electrons. The van der Waals surface area contributed by atoms with E-state index in [1.807, 2.05) is 13.0 Å². The number of nitrogens with zero attached hydrogens (tertiary/aromatic N) is 2. The number of hydrogen-bond donors (Lipinski definition) is 2. The van der Waals surface area contributed by atoms with Gasteiger partial charge in [0.1, 0.15) is 17.5 Å². The van der Waals surface area contributed by atoms with Crippen molar-refractivity contribution in [2.75, 3.05) is 36.9 Å². The Balaban J connectivity index is 2.30. The maximum Gasteiger partial charge on any atom is 0.131 e. The van der Waals surface area contributed by atoms with Crippen molar-refractivity contribution in [1.29, 1.82) is 0 Å². The lowest BCUT2D eigenvalue weighted by Gasteiger charge is -2.10. The summed E-state index contributed by atoms with van der Waals surface area (Å²) in [4.78, 5) is 8.73. The quantitative estimate of drug-likeness (QED) is 0.645. The maximum atomic E-state index is 5.57. The van der Waals surface area contributed by atoms with Crippen LogP contribution in [0.2, 0.25) is 0 Å². The molecule has 5 heteroatoms. The van der Waals surface area contributed by atoms with E-state index in [0.29, 0.717) is 12.5 Å². The first-order chi connectivity index (χ1) is 9.61. The Kier molecular flexibility index (Phi) is 7.95. The number of aromatic nitrogens is 2. The van der Waals surface area contributed by atoms with E-state index in [0.717, 1.165) is 50.0 Å². The summed E-state index contributed by atoms with van der Waals surface area (Å²) in [6, 6.07) is 1.94. The van der Waals surface area contributed by atoms with Crippen LogP contribution < -0.4 is 10.6 Å². The lowest BCUT2D eigenvalue weighted by Crippen LogP contribution is -2.13. The molecule has 0 aliphatic carbocycles. The molecule has 0 unspecified atom stereocenters. The van der Waals surface area contributed by atoms with Crippen molar-refractivity contribution in [3.05, 3.63) is 11.9 Å². The summed E-state index contributed by atoms with van der Waals surface area (Å²) < 4.78 is 5.57. The van der Waals surface area contributed by atoms with E-state index in [4.69, 9.17) is 4.74 Å². The highest BCUT2D eigenvalue weighted by atomic mass is 16.5. The fourth-order valence-corrected chi connectivity index (χ4v) is 1.67. The molecule has 0 aliphatic rings. The van der Waals surface area contributed by atoms with Crippen molar-refractivity contribution < 1.29 is 4.74 Å². The van der Waals surface area contributed by atoms with Crippen molar-refractivity contribution in [2.45, 2.75) is 40.5 Å². The molecule has 0 amide bonds. The van der Waals surface area contributed by atoms with Crippen molar-refractivity contribution >= 4 is 11.6 Å². The molecule has 1 heterocycles. The van der Waals surface area contributed by atoms with Gasteiger partial charge in [-0.15, -0.1) is 0 Å². The summed E-state index contributed by atoms with van der Waals surface area (Å²) in [5.41, 5.74) is 0. The minimum absolute atomic E-state index is 0.694. The van der Waals surface area contributed by atoms with Gasteiger partial charge in [0, 0.05) is 25.8 Å². The highest BCUT2D eigenvalue weighted by Crippen LogP contribution is 2.10. The van der Waals surface area contributed by atoms with Gasteiger partial charge >= 0.3 is 0 Å². The van der Waals surface area contributed by atoms with Crippen LogP contribution in [0.25, 0.3) is 0 Å². The minimum atomic E-state index is 0.694. The zero-order valence-corrected chi connectivity index (χ0v) is 13.2. The van der Waals surface area contributed by atoms with Crippen LogP contribution in [-0.2, 0) is 4.74 Å². The molecule has 1 aromatic rings. The van der Waals surface area contributed by atoms with Crippen LogP contribution in [0, 0.1) is 12.8 Å². The van der Waals surface area contributed by atoms with E-state index in [1.54, 1.807) is 0 Å². The third-order valence-electron chi connectivity index (χ3n) is 2.79. The lowest BCUT2D eigenvalue weighted by molar-refractivity contribution is 0.132. The average Bonchev–Trinajstić information content (AvgIpc) is 2.39. The fraction of sp³-hybridized carbons (Fsp3) is 0.733. The Morgan fingerprint density at radius 3 is 2.35 bits per heavy atom. The van der Waals surface area contributed by atoms with Crippen LogP contribution in [0.4, 0.5) is 11.6 Å². The van der Waals surface area contributed by atoms with Crippen molar-refractivity contribution in [2.24, 2.45) is 5.92 Å². The van der Waals surface area contributed by atoms with Gasteiger partial charge in [0.2, 0.25) is 0 Å². The first kappa shape index (κ1) is 16.7. The number of anilines is 2. The summed E-state index contributed by atoms with van der Waals surface area (Å²) in [5.74, 6) is 3.19. The summed E-state index contributed by atoms with van der Waals surface area (Å²) in [5, 5.41) is 6.55. The number of nitrogens with one attached hydrogen (secondary N) is 2. The second-order valence-electron chi connectivity index (χ2n) is 5.33. The van der Waals surface area contributed by atoms with Crippen LogP contribution >= 0.6 is 0 Å². The van der Waals surface area contributed by atoms with Gasteiger partial charge in [-0.3, -0.25) is 0 Å². The summed E-state index contributed by atoms with van der Waals surface area (Å²) in [6.45, 7) is 11.7. The fourth-order valence-electron chi connectivity index (χ4n) is 1.67. The van der Waals surface area contributed by atoms with Crippen molar-refractivity contribution in [1.82, 2.24) is 9.97 Å². The predicted octanol–water partition coefficient (Wildman–Crippen LogP) is 3.08. The molecule has 1 aromatic heterocycles. The predicted molar refractivity (Wildman–Crippen MR) is 84.3 cm³/mol. The van der Waals surface area contributed by atoms with Crippen LogP contribution in [0.3, 0.4) is 0 Å². The van der Waals surface area contributed by atoms with E-state index in [9.17, 15) is 0 Å². The zero-order valence-electron chi connectivity index (χ0n) is 13.2. The van der Waals surface area contributed by atoms with Crippen molar-refractivity contribution in [3.8, 4) is 0 Å². The smallest absolute Gasteiger partial charge is 0.131 e. The molecule has 0 fully saturated rings. The Labute approximate surface area is 122 Å². The average molecular weight is 280 g/mol. The SMILES string of the molecule is CCCNc1cc(NCCOCCC(C)C)nc(C)n1.